The van der Waals surface area contributed by atoms with E-state index in [1.807, 2.05) is 32.0 Å². The van der Waals surface area contributed by atoms with Crippen molar-refractivity contribution in [1.29, 1.82) is 0 Å². The molecule has 0 aliphatic rings. The third-order valence-electron chi connectivity index (χ3n) is 3.16. The van der Waals surface area contributed by atoms with Gasteiger partial charge in [0.2, 0.25) is 0 Å². The van der Waals surface area contributed by atoms with Crippen molar-refractivity contribution in [3.05, 3.63) is 59.2 Å². The summed E-state index contributed by atoms with van der Waals surface area (Å²) in [5, 5.41) is 2.97. The predicted molar refractivity (Wildman–Crippen MR) is 76.1 cm³/mol. The van der Waals surface area contributed by atoms with E-state index in [1.54, 1.807) is 7.11 Å². The van der Waals surface area contributed by atoms with Crippen molar-refractivity contribution < 1.29 is 13.5 Å². The highest BCUT2D eigenvalue weighted by molar-refractivity contribution is 5.49. The van der Waals surface area contributed by atoms with Crippen molar-refractivity contribution in [2.24, 2.45) is 0 Å². The maximum atomic E-state index is 13.6. The van der Waals surface area contributed by atoms with Crippen LogP contribution in [0.15, 0.2) is 36.4 Å². The van der Waals surface area contributed by atoms with Crippen LogP contribution < -0.4 is 10.1 Å². The highest BCUT2D eigenvalue weighted by Crippen LogP contribution is 2.29. The van der Waals surface area contributed by atoms with Gasteiger partial charge in [0.1, 0.15) is 17.4 Å². The number of halogens is 2. The van der Waals surface area contributed by atoms with Gasteiger partial charge in [-0.1, -0.05) is 12.1 Å². The van der Waals surface area contributed by atoms with Crippen LogP contribution in [0.2, 0.25) is 0 Å². The summed E-state index contributed by atoms with van der Waals surface area (Å²) < 4.78 is 32.1. The van der Waals surface area contributed by atoms with Gasteiger partial charge in [-0.05, 0) is 43.7 Å². The lowest BCUT2D eigenvalue weighted by molar-refractivity contribution is 0.407. The van der Waals surface area contributed by atoms with E-state index in [0.717, 1.165) is 35.1 Å². The van der Waals surface area contributed by atoms with Gasteiger partial charge in [0, 0.05) is 5.56 Å². The average Bonchev–Trinajstić information content (AvgIpc) is 2.42. The maximum Gasteiger partial charge on any atom is 0.146 e. The number of hydrogen-bond acceptors (Lipinski definition) is 2. The molecule has 1 atom stereocenters. The van der Waals surface area contributed by atoms with E-state index in [4.69, 9.17) is 4.74 Å². The molecule has 1 unspecified atom stereocenters. The second-order valence-corrected chi connectivity index (χ2v) is 4.74. The lowest BCUT2D eigenvalue weighted by atomic mass is 10.0. The fourth-order valence-corrected chi connectivity index (χ4v) is 2.10. The second kappa shape index (κ2) is 5.90. The van der Waals surface area contributed by atoms with E-state index in [9.17, 15) is 8.78 Å². The quantitative estimate of drug-likeness (QED) is 0.891. The number of benzene rings is 2. The Morgan fingerprint density at radius 2 is 1.85 bits per heavy atom. The summed E-state index contributed by atoms with van der Waals surface area (Å²) in [6, 6.07) is 8.93. The Labute approximate surface area is 117 Å². The van der Waals surface area contributed by atoms with Crippen LogP contribution in [0.4, 0.5) is 14.5 Å². The molecule has 4 heteroatoms. The van der Waals surface area contributed by atoms with Gasteiger partial charge >= 0.3 is 0 Å². The first-order chi connectivity index (χ1) is 9.51. The van der Waals surface area contributed by atoms with E-state index >= 15 is 0 Å². The fourth-order valence-electron chi connectivity index (χ4n) is 2.10. The highest BCUT2D eigenvalue weighted by Gasteiger charge is 2.13. The number of methoxy groups -OCH3 is 1. The first-order valence-electron chi connectivity index (χ1n) is 6.37. The normalized spacial score (nSPS) is 12.1. The number of nitrogens with one attached hydrogen (secondary N) is 1. The Morgan fingerprint density at radius 3 is 2.55 bits per heavy atom. The van der Waals surface area contributed by atoms with Crippen molar-refractivity contribution >= 4 is 5.69 Å². The summed E-state index contributed by atoms with van der Waals surface area (Å²) in [4.78, 5) is 0. The van der Waals surface area contributed by atoms with Gasteiger partial charge in [0.25, 0.3) is 0 Å². The van der Waals surface area contributed by atoms with Gasteiger partial charge < -0.3 is 10.1 Å². The molecule has 0 fully saturated rings. The third-order valence-corrected chi connectivity index (χ3v) is 3.16. The molecule has 0 aliphatic heterocycles. The lowest BCUT2D eigenvalue weighted by Gasteiger charge is -2.19. The monoisotopic (exact) mass is 277 g/mol. The Morgan fingerprint density at radius 1 is 1.10 bits per heavy atom. The zero-order chi connectivity index (χ0) is 14.7. The van der Waals surface area contributed by atoms with Gasteiger partial charge in [-0.2, -0.15) is 0 Å². The largest absolute Gasteiger partial charge is 0.496 e. The van der Waals surface area contributed by atoms with E-state index in [1.165, 1.54) is 0 Å². The molecule has 0 radical (unpaired) electrons. The smallest absolute Gasteiger partial charge is 0.146 e. The van der Waals surface area contributed by atoms with Gasteiger partial charge in [0.15, 0.2) is 0 Å². The van der Waals surface area contributed by atoms with Crippen LogP contribution in [0.3, 0.4) is 0 Å². The Hall–Kier alpha value is -2.10. The van der Waals surface area contributed by atoms with E-state index in [-0.39, 0.29) is 11.7 Å². The molecule has 2 aromatic rings. The van der Waals surface area contributed by atoms with Crippen LogP contribution in [0.25, 0.3) is 0 Å². The zero-order valence-corrected chi connectivity index (χ0v) is 11.7. The summed E-state index contributed by atoms with van der Waals surface area (Å²) in [6.07, 6.45) is 0. The molecule has 106 valence electrons. The van der Waals surface area contributed by atoms with Crippen LogP contribution >= 0.6 is 0 Å². The van der Waals surface area contributed by atoms with Gasteiger partial charge in [-0.15, -0.1) is 0 Å². The molecule has 0 bridgehead atoms. The van der Waals surface area contributed by atoms with Crippen LogP contribution in [-0.4, -0.2) is 7.11 Å². The number of rotatable bonds is 4. The molecular weight excluding hydrogens is 260 g/mol. The van der Waals surface area contributed by atoms with Gasteiger partial charge in [-0.3, -0.25) is 0 Å². The molecule has 2 rings (SSSR count). The highest BCUT2D eigenvalue weighted by atomic mass is 19.1. The number of hydrogen-bond donors (Lipinski definition) is 1. The minimum Gasteiger partial charge on any atom is -0.496 e. The molecule has 0 aromatic heterocycles. The maximum absolute atomic E-state index is 13.6. The van der Waals surface area contributed by atoms with Crippen molar-refractivity contribution in [2.45, 2.75) is 19.9 Å². The average molecular weight is 277 g/mol. The molecule has 20 heavy (non-hydrogen) atoms. The number of anilines is 1. The molecule has 2 aromatic carbocycles. The second-order valence-electron chi connectivity index (χ2n) is 4.74. The first-order valence-corrected chi connectivity index (χ1v) is 6.37. The van der Waals surface area contributed by atoms with Gasteiger partial charge in [-0.25, -0.2) is 8.78 Å². The minimum absolute atomic E-state index is 0.139. The van der Waals surface area contributed by atoms with Gasteiger partial charge in [0.05, 0.1) is 18.8 Å². The number of ether oxygens (including phenoxy) is 1. The number of aryl methyl sites for hydroxylation is 1. The molecule has 2 nitrogen and oxygen atoms in total. The molecule has 0 aliphatic carbocycles. The van der Waals surface area contributed by atoms with Crippen molar-refractivity contribution in [3.8, 4) is 5.75 Å². The molecule has 1 N–H and O–H groups in total. The van der Waals surface area contributed by atoms with Crippen LogP contribution in [0, 0.1) is 18.6 Å². The fraction of sp³-hybridized carbons (Fsp3) is 0.250. The van der Waals surface area contributed by atoms with Crippen LogP contribution in [-0.2, 0) is 0 Å². The van der Waals surface area contributed by atoms with Crippen LogP contribution in [0.5, 0.6) is 5.75 Å². The van der Waals surface area contributed by atoms with Crippen molar-refractivity contribution in [1.82, 2.24) is 0 Å². The molecule has 0 heterocycles. The van der Waals surface area contributed by atoms with E-state index in [0.29, 0.717) is 0 Å². The third kappa shape index (κ3) is 3.07. The summed E-state index contributed by atoms with van der Waals surface area (Å²) >= 11 is 0. The van der Waals surface area contributed by atoms with Crippen LogP contribution in [0.1, 0.15) is 24.1 Å². The zero-order valence-electron chi connectivity index (χ0n) is 11.7. The molecular formula is C16H17F2NO. The Kier molecular flexibility index (Phi) is 4.23. The molecule has 0 saturated carbocycles. The first kappa shape index (κ1) is 14.3. The lowest BCUT2D eigenvalue weighted by Crippen LogP contribution is -2.09. The summed E-state index contributed by atoms with van der Waals surface area (Å²) in [5.74, 6) is -0.233. The van der Waals surface area contributed by atoms with Crippen molar-refractivity contribution in [3.63, 3.8) is 0 Å². The summed E-state index contributed by atoms with van der Waals surface area (Å²) in [6.45, 7) is 3.84. The Balaban J connectivity index is 2.28. The molecule has 0 amide bonds. The predicted octanol–water partition coefficient (Wildman–Crippen LogP) is 4.45. The molecule has 0 saturated heterocycles. The van der Waals surface area contributed by atoms with E-state index < -0.39 is 11.6 Å². The standard InChI is InChI=1S/C16H17F2NO/c1-10-4-6-13(16(8-10)20-3)11(2)19-15-9-12(17)5-7-14(15)18/h4-9,11,19H,1-3H3. The molecule has 0 spiro atoms. The topological polar surface area (TPSA) is 21.3 Å². The minimum atomic E-state index is -0.482. The van der Waals surface area contributed by atoms with Crippen molar-refractivity contribution in [2.75, 3.05) is 12.4 Å². The van der Waals surface area contributed by atoms with E-state index in [2.05, 4.69) is 5.32 Å². The summed E-state index contributed by atoms with van der Waals surface area (Å²) in [7, 11) is 1.59. The SMILES string of the molecule is COc1cc(C)ccc1C(C)Nc1cc(F)ccc1F. The summed E-state index contributed by atoms with van der Waals surface area (Å²) in [5.41, 5.74) is 2.11. The Bertz CT molecular complexity index is 613.